The summed E-state index contributed by atoms with van der Waals surface area (Å²) in [5.41, 5.74) is 2.98. The zero-order valence-corrected chi connectivity index (χ0v) is 13.0. The molecule has 4 rings (SSSR count). The van der Waals surface area contributed by atoms with Crippen LogP contribution in [0.1, 0.15) is 23.6 Å². The van der Waals surface area contributed by atoms with Gasteiger partial charge in [0.15, 0.2) is 5.65 Å². The summed E-state index contributed by atoms with van der Waals surface area (Å²) in [5, 5.41) is 9.00. The van der Waals surface area contributed by atoms with Gasteiger partial charge in [0, 0.05) is 19.6 Å². The van der Waals surface area contributed by atoms with Gasteiger partial charge in [0.2, 0.25) is 0 Å². The van der Waals surface area contributed by atoms with E-state index in [9.17, 15) is 4.79 Å². The second-order valence-corrected chi connectivity index (χ2v) is 6.05. The van der Waals surface area contributed by atoms with E-state index in [2.05, 4.69) is 25.9 Å². The van der Waals surface area contributed by atoms with E-state index in [0.717, 1.165) is 31.6 Å². The lowest BCUT2D eigenvalue weighted by Crippen LogP contribution is -2.26. The number of hydrogen-bond acceptors (Lipinski definition) is 5. The van der Waals surface area contributed by atoms with Crippen LogP contribution in [0, 0.1) is 11.3 Å². The van der Waals surface area contributed by atoms with Gasteiger partial charge in [0.1, 0.15) is 11.8 Å². The van der Waals surface area contributed by atoms with Crippen LogP contribution in [0.15, 0.2) is 41.6 Å². The van der Waals surface area contributed by atoms with Gasteiger partial charge in [-0.1, -0.05) is 12.1 Å². The maximum Gasteiger partial charge on any atom is 0.328 e. The van der Waals surface area contributed by atoms with Crippen LogP contribution in [0.3, 0.4) is 0 Å². The lowest BCUT2D eigenvalue weighted by Gasteiger charge is -2.16. The molecule has 0 radical (unpaired) electrons. The van der Waals surface area contributed by atoms with Crippen LogP contribution in [0.5, 0.6) is 0 Å². The van der Waals surface area contributed by atoms with Crippen molar-refractivity contribution < 1.29 is 0 Å². The number of rotatable bonds is 3. The molecule has 1 aliphatic rings. The van der Waals surface area contributed by atoms with Gasteiger partial charge in [-0.2, -0.15) is 5.26 Å². The second-order valence-electron chi connectivity index (χ2n) is 6.05. The Labute approximate surface area is 138 Å². The fraction of sp³-hybridized carbons (Fsp3) is 0.294. The lowest BCUT2D eigenvalue weighted by molar-refractivity contribution is 0.316. The first-order chi connectivity index (χ1) is 11.7. The highest BCUT2D eigenvalue weighted by molar-refractivity contribution is 5.69. The largest absolute Gasteiger partial charge is 0.328 e. The summed E-state index contributed by atoms with van der Waals surface area (Å²) in [5.74, 6) is 0. The molecule has 1 atom stereocenters. The summed E-state index contributed by atoms with van der Waals surface area (Å²) in [6.45, 7) is 2.47. The first kappa shape index (κ1) is 14.6. The van der Waals surface area contributed by atoms with Gasteiger partial charge in [-0.25, -0.2) is 14.8 Å². The summed E-state index contributed by atoms with van der Waals surface area (Å²) < 4.78 is 1.74. The number of fused-ring (bicyclic) bond motifs is 1. The predicted octanol–water partition coefficient (Wildman–Crippen LogP) is 1.44. The highest BCUT2D eigenvalue weighted by atomic mass is 16.1. The Morgan fingerprint density at radius 1 is 1.42 bits per heavy atom. The minimum absolute atomic E-state index is 0.0975. The first-order valence-corrected chi connectivity index (χ1v) is 7.86. The highest BCUT2D eigenvalue weighted by Gasteiger charge is 2.27. The molecule has 7 nitrogen and oxygen atoms in total. The summed E-state index contributed by atoms with van der Waals surface area (Å²) in [7, 11) is 0. The molecule has 1 saturated heterocycles. The zero-order valence-electron chi connectivity index (χ0n) is 13.0. The van der Waals surface area contributed by atoms with Crippen molar-refractivity contribution >= 4 is 11.2 Å². The standard InChI is InChI=1S/C17H16N6O/c18-7-12-2-1-3-13(6-12)9-22-5-4-14(10-22)23-16-15(21-17(23)24)8-19-11-20-16/h1-3,6,8,11,14H,4-5,9-10H2,(H,21,24)/t14-/m1/s1. The van der Waals surface area contributed by atoms with Crippen LogP contribution in [-0.2, 0) is 6.54 Å². The zero-order chi connectivity index (χ0) is 16.5. The number of aromatic nitrogens is 4. The van der Waals surface area contributed by atoms with Crippen molar-refractivity contribution in [1.82, 2.24) is 24.4 Å². The third kappa shape index (κ3) is 2.57. The van der Waals surface area contributed by atoms with Gasteiger partial charge >= 0.3 is 5.69 Å². The highest BCUT2D eigenvalue weighted by Crippen LogP contribution is 2.24. The number of likely N-dealkylation sites (tertiary alicyclic amines) is 1. The van der Waals surface area contributed by atoms with Crippen LogP contribution in [0.25, 0.3) is 11.2 Å². The minimum atomic E-state index is -0.135. The Morgan fingerprint density at radius 2 is 2.33 bits per heavy atom. The van der Waals surface area contributed by atoms with E-state index in [1.807, 2.05) is 24.3 Å². The molecule has 1 aliphatic heterocycles. The lowest BCUT2D eigenvalue weighted by atomic mass is 10.1. The summed E-state index contributed by atoms with van der Waals surface area (Å²) in [6, 6.07) is 9.92. The van der Waals surface area contributed by atoms with Crippen molar-refractivity contribution in [1.29, 1.82) is 5.26 Å². The van der Waals surface area contributed by atoms with Crippen LogP contribution >= 0.6 is 0 Å². The van der Waals surface area contributed by atoms with E-state index in [1.54, 1.807) is 10.8 Å². The summed E-state index contributed by atoms with van der Waals surface area (Å²) in [6.07, 6.45) is 3.99. The quantitative estimate of drug-likeness (QED) is 0.788. The molecular weight excluding hydrogens is 304 g/mol. The van der Waals surface area contributed by atoms with Crippen molar-refractivity contribution in [2.75, 3.05) is 13.1 Å². The van der Waals surface area contributed by atoms with Crippen LogP contribution in [0.2, 0.25) is 0 Å². The molecule has 1 N–H and O–H groups in total. The van der Waals surface area contributed by atoms with E-state index in [4.69, 9.17) is 5.26 Å². The van der Waals surface area contributed by atoms with E-state index in [0.29, 0.717) is 16.7 Å². The maximum atomic E-state index is 12.3. The molecular formula is C17H16N6O. The maximum absolute atomic E-state index is 12.3. The number of nitrogens with one attached hydrogen (secondary N) is 1. The number of nitrogens with zero attached hydrogens (tertiary/aromatic N) is 5. The second kappa shape index (κ2) is 5.91. The molecule has 1 aromatic carbocycles. The number of nitriles is 1. The van der Waals surface area contributed by atoms with Crippen molar-refractivity contribution in [3.8, 4) is 6.07 Å². The molecule has 0 amide bonds. The van der Waals surface area contributed by atoms with Gasteiger partial charge in [-0.3, -0.25) is 9.47 Å². The molecule has 3 aromatic rings. The van der Waals surface area contributed by atoms with E-state index >= 15 is 0 Å². The van der Waals surface area contributed by atoms with E-state index in [1.165, 1.54) is 6.33 Å². The normalized spacial score (nSPS) is 18.0. The van der Waals surface area contributed by atoms with Crippen molar-refractivity contribution in [3.63, 3.8) is 0 Å². The van der Waals surface area contributed by atoms with Gasteiger partial charge in [0.05, 0.1) is 23.9 Å². The van der Waals surface area contributed by atoms with Crippen LogP contribution in [-0.4, -0.2) is 37.5 Å². The molecule has 0 unspecified atom stereocenters. The summed E-state index contributed by atoms with van der Waals surface area (Å²) in [4.78, 5) is 25.6. The number of benzene rings is 1. The van der Waals surface area contributed by atoms with Crippen molar-refractivity contribution in [2.45, 2.75) is 19.0 Å². The van der Waals surface area contributed by atoms with Crippen LogP contribution < -0.4 is 5.69 Å². The Balaban J connectivity index is 1.55. The summed E-state index contributed by atoms with van der Waals surface area (Å²) >= 11 is 0. The van der Waals surface area contributed by atoms with Crippen LogP contribution in [0.4, 0.5) is 0 Å². The molecule has 24 heavy (non-hydrogen) atoms. The number of aromatic amines is 1. The number of hydrogen-bond donors (Lipinski definition) is 1. The number of H-pyrrole nitrogens is 1. The predicted molar refractivity (Wildman–Crippen MR) is 88.2 cm³/mol. The van der Waals surface area contributed by atoms with Crippen molar-refractivity contribution in [3.05, 3.63) is 58.4 Å². The Hall–Kier alpha value is -2.98. The third-order valence-corrected chi connectivity index (χ3v) is 4.45. The molecule has 7 heteroatoms. The SMILES string of the molecule is N#Cc1cccc(CN2CC[C@@H](n3c(=O)[nH]c4cncnc43)C2)c1. The molecule has 0 spiro atoms. The molecule has 3 heterocycles. The Kier molecular flexibility index (Phi) is 3.59. The van der Waals surface area contributed by atoms with Gasteiger partial charge in [-0.15, -0.1) is 0 Å². The minimum Gasteiger partial charge on any atom is -0.303 e. The molecule has 0 aliphatic carbocycles. The molecule has 1 fully saturated rings. The average Bonchev–Trinajstić information content (AvgIpc) is 3.17. The number of imidazole rings is 1. The molecule has 0 saturated carbocycles. The topological polar surface area (TPSA) is 90.6 Å². The van der Waals surface area contributed by atoms with E-state index in [-0.39, 0.29) is 11.7 Å². The third-order valence-electron chi connectivity index (χ3n) is 4.45. The average molecular weight is 320 g/mol. The van der Waals surface area contributed by atoms with Crippen molar-refractivity contribution in [2.24, 2.45) is 0 Å². The monoisotopic (exact) mass is 320 g/mol. The van der Waals surface area contributed by atoms with Gasteiger partial charge < -0.3 is 4.98 Å². The molecule has 0 bridgehead atoms. The molecule has 2 aromatic heterocycles. The fourth-order valence-corrected chi connectivity index (χ4v) is 3.38. The smallest absolute Gasteiger partial charge is 0.303 e. The van der Waals surface area contributed by atoms with Gasteiger partial charge in [0.25, 0.3) is 0 Å². The Morgan fingerprint density at radius 3 is 3.21 bits per heavy atom. The fourth-order valence-electron chi connectivity index (χ4n) is 3.38. The molecule has 120 valence electrons. The van der Waals surface area contributed by atoms with Gasteiger partial charge in [-0.05, 0) is 24.1 Å². The van der Waals surface area contributed by atoms with E-state index < -0.39 is 0 Å². The first-order valence-electron chi connectivity index (χ1n) is 7.86. The Bertz CT molecular complexity index is 982.